The number of aliphatic hydroxyl groups is 1. The standard InChI is InChI=1S/C29H34F6N6O4S/c1-27(2)24(43)41(21-4-6-22(7-5-21)46-29(33,34)35)26(45)40(27)19-20-8-9-36-23(18-20)39(25(44)28(30,31)32)11-3-10-37-12-14-38(15-13-37)16-17-42/h4-9,18,42H,3,10-17,19H2,1-2H3. The SMILES string of the molecule is CC1(C)C(=O)N(c2ccc(SC(F)(F)F)cc2)C(=O)N1Cc1ccnc(N(CCCN2CCN(CCO)CC2)C(=O)C(F)(F)F)c1. The third-order valence-corrected chi connectivity index (χ3v) is 8.54. The van der Waals surface area contributed by atoms with E-state index in [0.717, 1.165) is 17.0 Å². The minimum Gasteiger partial charge on any atom is -0.395 e. The van der Waals surface area contributed by atoms with E-state index in [9.17, 15) is 40.7 Å². The molecule has 10 nitrogen and oxygen atoms in total. The lowest BCUT2D eigenvalue weighted by molar-refractivity contribution is -0.170. The van der Waals surface area contributed by atoms with Gasteiger partial charge in [-0.05, 0) is 80.5 Å². The van der Waals surface area contributed by atoms with Gasteiger partial charge in [0.15, 0.2) is 0 Å². The molecular weight excluding hydrogens is 642 g/mol. The van der Waals surface area contributed by atoms with Gasteiger partial charge in [-0.15, -0.1) is 0 Å². The van der Waals surface area contributed by atoms with Crippen LogP contribution in [-0.2, 0) is 16.1 Å². The molecule has 4 rings (SSSR count). The van der Waals surface area contributed by atoms with E-state index in [0.29, 0.717) is 49.7 Å². The smallest absolute Gasteiger partial charge is 0.395 e. The fourth-order valence-corrected chi connectivity index (χ4v) is 5.86. The second-order valence-corrected chi connectivity index (χ2v) is 12.5. The molecule has 1 aromatic heterocycles. The van der Waals surface area contributed by atoms with Gasteiger partial charge in [-0.3, -0.25) is 19.4 Å². The Morgan fingerprint density at radius 2 is 1.59 bits per heavy atom. The lowest BCUT2D eigenvalue weighted by atomic mass is 10.0. The molecule has 1 aromatic carbocycles. The monoisotopic (exact) mass is 676 g/mol. The summed E-state index contributed by atoms with van der Waals surface area (Å²) in [4.78, 5) is 49.8. The maximum absolute atomic E-state index is 13.6. The van der Waals surface area contributed by atoms with E-state index >= 15 is 0 Å². The molecular formula is C29H34F6N6O4S. The first-order chi connectivity index (χ1) is 21.5. The number of halogens is 6. The van der Waals surface area contributed by atoms with Gasteiger partial charge >= 0.3 is 23.6 Å². The average molecular weight is 677 g/mol. The molecule has 46 heavy (non-hydrogen) atoms. The first kappa shape index (κ1) is 35.4. The van der Waals surface area contributed by atoms with Gasteiger partial charge in [0.05, 0.1) is 12.3 Å². The van der Waals surface area contributed by atoms with Crippen molar-refractivity contribution in [2.24, 2.45) is 0 Å². The van der Waals surface area contributed by atoms with E-state index in [1.54, 1.807) is 0 Å². The van der Waals surface area contributed by atoms with Crippen molar-refractivity contribution in [3.05, 3.63) is 48.2 Å². The number of benzene rings is 1. The molecule has 2 aliphatic rings. The topological polar surface area (TPSA) is 101 Å². The van der Waals surface area contributed by atoms with Crippen molar-refractivity contribution < 1.29 is 45.8 Å². The van der Waals surface area contributed by atoms with Crippen LogP contribution in [0.15, 0.2) is 47.5 Å². The summed E-state index contributed by atoms with van der Waals surface area (Å²) >= 11 is -0.339. The Bertz CT molecular complexity index is 1400. The number of β-amino-alcohol motifs (C(OH)–C–C–N with tert-alkyl or cyclic N) is 1. The van der Waals surface area contributed by atoms with Gasteiger partial charge in [0.1, 0.15) is 11.4 Å². The van der Waals surface area contributed by atoms with E-state index in [4.69, 9.17) is 5.11 Å². The lowest BCUT2D eigenvalue weighted by Gasteiger charge is -2.34. The number of urea groups is 1. The fourth-order valence-electron chi connectivity index (χ4n) is 5.32. The number of aliphatic hydroxyl groups excluding tert-OH is 1. The van der Waals surface area contributed by atoms with Crippen molar-refractivity contribution in [1.29, 1.82) is 0 Å². The highest BCUT2D eigenvalue weighted by atomic mass is 32.2. The summed E-state index contributed by atoms with van der Waals surface area (Å²) in [5.74, 6) is -3.00. The molecule has 4 amide bonds. The summed E-state index contributed by atoms with van der Waals surface area (Å²) in [5, 5.41) is 9.10. The first-order valence-corrected chi connectivity index (χ1v) is 15.2. The number of thioether (sulfide) groups is 1. The van der Waals surface area contributed by atoms with Crippen LogP contribution < -0.4 is 9.80 Å². The number of piperazine rings is 1. The molecule has 0 aliphatic carbocycles. The van der Waals surface area contributed by atoms with Crippen molar-refractivity contribution in [3.8, 4) is 0 Å². The molecule has 0 spiro atoms. The first-order valence-electron chi connectivity index (χ1n) is 14.4. The molecule has 0 atom stereocenters. The highest BCUT2D eigenvalue weighted by Crippen LogP contribution is 2.39. The predicted molar refractivity (Wildman–Crippen MR) is 158 cm³/mol. The second kappa shape index (κ2) is 14.1. The average Bonchev–Trinajstić information content (AvgIpc) is 3.14. The number of hydrogen-bond acceptors (Lipinski definition) is 8. The Hall–Kier alpha value is -3.41. The minimum atomic E-state index is -5.17. The fraction of sp³-hybridized carbons (Fsp3) is 0.517. The molecule has 0 bridgehead atoms. The number of aromatic nitrogens is 1. The molecule has 17 heteroatoms. The van der Waals surface area contributed by atoms with E-state index in [-0.39, 0.29) is 54.3 Å². The van der Waals surface area contributed by atoms with Gasteiger partial charge in [-0.2, -0.15) is 26.3 Å². The molecule has 0 radical (unpaired) electrons. The number of rotatable bonds is 11. The van der Waals surface area contributed by atoms with Crippen LogP contribution in [0.2, 0.25) is 0 Å². The van der Waals surface area contributed by atoms with E-state index < -0.39 is 35.1 Å². The van der Waals surface area contributed by atoms with Crippen LogP contribution in [0.3, 0.4) is 0 Å². The zero-order valence-electron chi connectivity index (χ0n) is 25.1. The molecule has 3 heterocycles. The zero-order chi connectivity index (χ0) is 33.9. The van der Waals surface area contributed by atoms with Gasteiger partial charge in [-0.25, -0.2) is 14.7 Å². The van der Waals surface area contributed by atoms with Gasteiger partial charge in [-0.1, -0.05) is 0 Å². The summed E-state index contributed by atoms with van der Waals surface area (Å²) in [6.07, 6.45) is -3.72. The Balaban J connectivity index is 1.49. The summed E-state index contributed by atoms with van der Waals surface area (Å²) in [6.45, 7) is 6.27. The van der Waals surface area contributed by atoms with Crippen molar-refractivity contribution in [2.75, 3.05) is 62.2 Å². The molecule has 2 aromatic rings. The Kier molecular flexibility index (Phi) is 10.9. The van der Waals surface area contributed by atoms with Crippen molar-refractivity contribution in [2.45, 2.75) is 48.9 Å². The number of carbonyl (C=O) groups excluding carboxylic acids is 3. The summed E-state index contributed by atoms with van der Waals surface area (Å²) in [5.41, 5.74) is -5.56. The van der Waals surface area contributed by atoms with E-state index in [1.165, 1.54) is 49.2 Å². The van der Waals surface area contributed by atoms with Crippen molar-refractivity contribution >= 4 is 41.1 Å². The van der Waals surface area contributed by atoms with Crippen LogP contribution in [0.4, 0.5) is 42.6 Å². The zero-order valence-corrected chi connectivity index (χ0v) is 26.0. The third-order valence-electron chi connectivity index (χ3n) is 7.80. The van der Waals surface area contributed by atoms with Crippen LogP contribution in [0.25, 0.3) is 0 Å². The molecule has 2 aliphatic heterocycles. The molecule has 252 valence electrons. The Morgan fingerprint density at radius 3 is 2.15 bits per heavy atom. The number of carbonyl (C=O) groups is 3. The van der Waals surface area contributed by atoms with Crippen LogP contribution in [-0.4, -0.2) is 112 Å². The van der Waals surface area contributed by atoms with Crippen LogP contribution in [0.5, 0.6) is 0 Å². The number of amides is 4. The van der Waals surface area contributed by atoms with Crippen LogP contribution >= 0.6 is 11.8 Å². The van der Waals surface area contributed by atoms with Gasteiger partial charge < -0.3 is 14.9 Å². The Labute approximate surface area is 265 Å². The molecule has 2 saturated heterocycles. The molecule has 1 N–H and O–H groups in total. The Morgan fingerprint density at radius 1 is 0.978 bits per heavy atom. The molecule has 0 unspecified atom stereocenters. The summed E-state index contributed by atoms with van der Waals surface area (Å²) in [7, 11) is 0. The number of anilines is 2. The molecule has 2 fully saturated rings. The van der Waals surface area contributed by atoms with Gasteiger partial charge in [0, 0.05) is 56.9 Å². The number of alkyl halides is 6. The minimum absolute atomic E-state index is 0.0417. The maximum Gasteiger partial charge on any atom is 0.471 e. The number of nitrogens with zero attached hydrogens (tertiary/aromatic N) is 6. The number of hydrogen-bond donors (Lipinski definition) is 1. The lowest BCUT2D eigenvalue weighted by Crippen LogP contribution is -2.48. The molecule has 0 saturated carbocycles. The largest absolute Gasteiger partial charge is 0.471 e. The second-order valence-electron chi connectivity index (χ2n) is 11.3. The summed E-state index contributed by atoms with van der Waals surface area (Å²) in [6, 6.07) is 6.67. The van der Waals surface area contributed by atoms with Crippen molar-refractivity contribution in [3.63, 3.8) is 0 Å². The third kappa shape index (κ3) is 8.49. The highest BCUT2D eigenvalue weighted by molar-refractivity contribution is 8.00. The predicted octanol–water partition coefficient (Wildman–Crippen LogP) is 4.34. The van der Waals surface area contributed by atoms with Crippen LogP contribution in [0, 0.1) is 0 Å². The number of imide groups is 1. The summed E-state index contributed by atoms with van der Waals surface area (Å²) < 4.78 is 79.0. The van der Waals surface area contributed by atoms with Gasteiger partial charge in [0.2, 0.25) is 0 Å². The van der Waals surface area contributed by atoms with E-state index in [1.807, 2.05) is 0 Å². The maximum atomic E-state index is 13.6. The quantitative estimate of drug-likeness (QED) is 0.213. The van der Waals surface area contributed by atoms with Gasteiger partial charge in [0.25, 0.3) is 5.91 Å². The highest BCUT2D eigenvalue weighted by Gasteiger charge is 2.52. The van der Waals surface area contributed by atoms with Crippen molar-refractivity contribution in [1.82, 2.24) is 19.7 Å². The normalized spacial score (nSPS) is 18.0. The number of pyridine rings is 1. The van der Waals surface area contributed by atoms with E-state index in [2.05, 4.69) is 14.8 Å². The van der Waals surface area contributed by atoms with Crippen LogP contribution in [0.1, 0.15) is 25.8 Å².